The second-order valence-electron chi connectivity index (χ2n) is 6.21. The molecule has 6 heteroatoms. The van der Waals surface area contributed by atoms with Crippen molar-refractivity contribution in [2.45, 2.75) is 44.2 Å². The molecule has 2 atom stereocenters. The first-order valence-corrected chi connectivity index (χ1v) is 9.00. The highest BCUT2D eigenvalue weighted by atomic mass is 35.5. The number of hydrogen-bond donors (Lipinski definition) is 1. The third kappa shape index (κ3) is 4.11. The average molecular weight is 357 g/mol. The predicted octanol–water partition coefficient (Wildman–Crippen LogP) is 3.51. The Morgan fingerprint density at radius 3 is 2.91 bits per heavy atom. The van der Waals surface area contributed by atoms with Gasteiger partial charge < -0.3 is 15.0 Å². The van der Waals surface area contributed by atoms with E-state index in [1.807, 2.05) is 0 Å². The van der Waals surface area contributed by atoms with Gasteiger partial charge in [-0.25, -0.2) is 0 Å². The van der Waals surface area contributed by atoms with Gasteiger partial charge in [0.15, 0.2) is 0 Å². The smallest absolute Gasteiger partial charge is 0.223 e. The molecule has 0 radical (unpaired) electrons. The summed E-state index contributed by atoms with van der Waals surface area (Å²) in [6, 6.07) is 5.96. The topological polar surface area (TPSA) is 41.6 Å². The minimum Gasteiger partial charge on any atom is -0.492 e. The highest BCUT2D eigenvalue weighted by Gasteiger charge is 2.37. The van der Waals surface area contributed by atoms with Crippen LogP contribution in [0.2, 0.25) is 10.0 Å². The number of fused-ring (bicyclic) bond motifs is 2. The number of benzene rings is 1. The van der Waals surface area contributed by atoms with E-state index in [-0.39, 0.29) is 5.91 Å². The van der Waals surface area contributed by atoms with E-state index in [0.717, 1.165) is 32.4 Å². The lowest BCUT2D eigenvalue weighted by atomic mass is 10.1. The van der Waals surface area contributed by atoms with Gasteiger partial charge in [-0.15, -0.1) is 0 Å². The number of amides is 1. The monoisotopic (exact) mass is 356 g/mol. The maximum absolute atomic E-state index is 12.5. The van der Waals surface area contributed by atoms with Crippen LogP contribution in [-0.4, -0.2) is 42.6 Å². The summed E-state index contributed by atoms with van der Waals surface area (Å²) in [6.07, 6.45) is 4.56. The number of carbonyl (C=O) groups is 1. The van der Waals surface area contributed by atoms with E-state index >= 15 is 0 Å². The maximum Gasteiger partial charge on any atom is 0.223 e. The van der Waals surface area contributed by atoms with Crippen LogP contribution in [0.3, 0.4) is 0 Å². The van der Waals surface area contributed by atoms with Crippen LogP contribution in [-0.2, 0) is 4.79 Å². The normalized spacial score (nSPS) is 23.7. The molecule has 23 heavy (non-hydrogen) atoms. The Kier molecular flexibility index (Phi) is 5.67. The molecule has 2 bridgehead atoms. The quantitative estimate of drug-likeness (QED) is 0.820. The van der Waals surface area contributed by atoms with Crippen LogP contribution in [0.25, 0.3) is 0 Å². The Hall–Kier alpha value is -0.970. The van der Waals surface area contributed by atoms with Gasteiger partial charge in [0.2, 0.25) is 5.91 Å². The third-order valence-electron chi connectivity index (χ3n) is 4.63. The molecule has 2 saturated heterocycles. The van der Waals surface area contributed by atoms with Gasteiger partial charge >= 0.3 is 0 Å². The first-order chi connectivity index (χ1) is 11.1. The summed E-state index contributed by atoms with van der Waals surface area (Å²) in [6.45, 7) is 2.43. The molecule has 2 fully saturated rings. The molecular formula is C17H22Cl2N2O2. The molecule has 1 aromatic rings. The highest BCUT2D eigenvalue weighted by Crippen LogP contribution is 2.29. The Labute approximate surface area is 147 Å². The number of carbonyl (C=O) groups excluding carboxylic acids is 1. The first kappa shape index (κ1) is 16.9. The molecule has 3 rings (SSSR count). The molecule has 1 amide bonds. The van der Waals surface area contributed by atoms with Gasteiger partial charge in [-0.2, -0.15) is 0 Å². The second kappa shape index (κ2) is 7.73. The molecule has 0 aliphatic carbocycles. The van der Waals surface area contributed by atoms with E-state index in [0.29, 0.717) is 47.3 Å². The molecule has 0 spiro atoms. The Bertz CT molecular complexity index is 554. The van der Waals surface area contributed by atoms with Crippen molar-refractivity contribution in [2.75, 3.05) is 19.7 Å². The number of rotatable bonds is 5. The third-order valence-corrected chi connectivity index (χ3v) is 5.16. The van der Waals surface area contributed by atoms with Crippen LogP contribution in [0.15, 0.2) is 18.2 Å². The lowest BCUT2D eigenvalue weighted by molar-refractivity contribution is -0.134. The molecule has 126 valence electrons. The number of ether oxygens (including phenoxy) is 1. The van der Waals surface area contributed by atoms with E-state index in [1.165, 1.54) is 0 Å². The van der Waals surface area contributed by atoms with Crippen molar-refractivity contribution < 1.29 is 9.53 Å². The lowest BCUT2D eigenvalue weighted by Gasteiger charge is -2.28. The summed E-state index contributed by atoms with van der Waals surface area (Å²) >= 11 is 11.9. The van der Waals surface area contributed by atoms with Crippen LogP contribution >= 0.6 is 23.2 Å². The Morgan fingerprint density at radius 1 is 1.26 bits per heavy atom. The molecule has 2 heterocycles. The molecular weight excluding hydrogens is 335 g/mol. The zero-order valence-corrected chi connectivity index (χ0v) is 14.6. The van der Waals surface area contributed by atoms with Crippen LogP contribution in [0.4, 0.5) is 0 Å². The standard InChI is InChI=1S/C17H22Cl2N2O2/c18-12-3-6-16(15(19)10-12)23-9-1-2-17(22)21-13-4-5-14(21)11-20-8-7-13/h3,6,10,13-14,20H,1-2,4-5,7-9,11H2. The molecule has 4 nitrogen and oxygen atoms in total. The van der Waals surface area contributed by atoms with Gasteiger partial charge in [0, 0.05) is 30.1 Å². The van der Waals surface area contributed by atoms with E-state index in [9.17, 15) is 4.79 Å². The van der Waals surface area contributed by atoms with Crippen LogP contribution in [0.5, 0.6) is 5.75 Å². The largest absolute Gasteiger partial charge is 0.492 e. The first-order valence-electron chi connectivity index (χ1n) is 8.25. The fraction of sp³-hybridized carbons (Fsp3) is 0.588. The van der Waals surface area contributed by atoms with Crippen molar-refractivity contribution in [1.82, 2.24) is 10.2 Å². The van der Waals surface area contributed by atoms with Crippen molar-refractivity contribution in [3.63, 3.8) is 0 Å². The predicted molar refractivity (Wildman–Crippen MR) is 92.3 cm³/mol. The lowest BCUT2D eigenvalue weighted by Crippen LogP contribution is -2.42. The number of nitrogens with zero attached hydrogens (tertiary/aromatic N) is 1. The van der Waals surface area contributed by atoms with E-state index in [1.54, 1.807) is 18.2 Å². The summed E-state index contributed by atoms with van der Waals surface area (Å²) in [7, 11) is 0. The number of nitrogens with one attached hydrogen (secondary N) is 1. The van der Waals surface area contributed by atoms with E-state index in [2.05, 4.69) is 10.2 Å². The van der Waals surface area contributed by atoms with Gasteiger partial charge in [-0.1, -0.05) is 23.2 Å². The SMILES string of the molecule is O=C(CCCOc1ccc(Cl)cc1Cl)N1C2CCNCC1CC2. The van der Waals surface area contributed by atoms with Crippen LogP contribution in [0.1, 0.15) is 32.1 Å². The fourth-order valence-corrected chi connectivity index (χ4v) is 3.98. The zero-order valence-electron chi connectivity index (χ0n) is 13.1. The van der Waals surface area contributed by atoms with Gasteiger partial charge in [0.1, 0.15) is 5.75 Å². The van der Waals surface area contributed by atoms with E-state index < -0.39 is 0 Å². The van der Waals surface area contributed by atoms with Crippen molar-refractivity contribution in [2.24, 2.45) is 0 Å². The second-order valence-corrected chi connectivity index (χ2v) is 7.05. The number of hydrogen-bond acceptors (Lipinski definition) is 3. The minimum absolute atomic E-state index is 0.256. The van der Waals surface area contributed by atoms with Crippen molar-refractivity contribution in [3.05, 3.63) is 28.2 Å². The van der Waals surface area contributed by atoms with E-state index in [4.69, 9.17) is 27.9 Å². The summed E-state index contributed by atoms with van der Waals surface area (Å²) in [5.41, 5.74) is 0. The summed E-state index contributed by atoms with van der Waals surface area (Å²) < 4.78 is 5.65. The molecule has 1 N–H and O–H groups in total. The van der Waals surface area contributed by atoms with Crippen LogP contribution in [0, 0.1) is 0 Å². The molecule has 2 aliphatic rings. The van der Waals surface area contributed by atoms with Gasteiger partial charge in [0.05, 0.1) is 11.6 Å². The Morgan fingerprint density at radius 2 is 2.09 bits per heavy atom. The van der Waals surface area contributed by atoms with Gasteiger partial charge in [0.25, 0.3) is 0 Å². The fourth-order valence-electron chi connectivity index (χ4n) is 3.52. The molecule has 0 aromatic heterocycles. The summed E-state index contributed by atoms with van der Waals surface area (Å²) in [5.74, 6) is 0.870. The highest BCUT2D eigenvalue weighted by molar-refractivity contribution is 6.35. The van der Waals surface area contributed by atoms with Crippen LogP contribution < -0.4 is 10.1 Å². The number of halogens is 2. The van der Waals surface area contributed by atoms with Crippen molar-refractivity contribution >= 4 is 29.1 Å². The zero-order chi connectivity index (χ0) is 16.2. The molecule has 0 saturated carbocycles. The molecule has 1 aromatic carbocycles. The van der Waals surface area contributed by atoms with Crippen molar-refractivity contribution in [1.29, 1.82) is 0 Å². The summed E-state index contributed by atoms with van der Waals surface area (Å²) in [5, 5.41) is 4.51. The minimum atomic E-state index is 0.256. The molecule has 2 aliphatic heterocycles. The average Bonchev–Trinajstić information content (AvgIpc) is 2.78. The maximum atomic E-state index is 12.5. The van der Waals surface area contributed by atoms with Gasteiger partial charge in [-0.05, 0) is 50.4 Å². The Balaban J connectivity index is 1.46. The summed E-state index contributed by atoms with van der Waals surface area (Å²) in [4.78, 5) is 14.7. The molecule has 2 unspecified atom stereocenters. The van der Waals surface area contributed by atoms with Crippen molar-refractivity contribution in [3.8, 4) is 5.75 Å². The van der Waals surface area contributed by atoms with Gasteiger partial charge in [-0.3, -0.25) is 4.79 Å².